The fourth-order valence-electron chi connectivity index (χ4n) is 2.87. The van der Waals surface area contributed by atoms with Gasteiger partial charge in [0.05, 0.1) is 0 Å². The van der Waals surface area contributed by atoms with Crippen LogP contribution in [-0.4, -0.2) is 23.3 Å². The smallest absolute Gasteiger partial charge is 0.244 e. The molecule has 0 unspecified atom stereocenters. The second-order valence-corrected chi connectivity index (χ2v) is 6.17. The van der Waals surface area contributed by atoms with Gasteiger partial charge in [0.15, 0.2) is 0 Å². The van der Waals surface area contributed by atoms with E-state index < -0.39 is 0 Å². The van der Waals surface area contributed by atoms with Crippen molar-refractivity contribution >= 4 is 17.5 Å². The lowest BCUT2D eigenvalue weighted by atomic mass is 10.0. The molecule has 0 saturated carbocycles. The van der Waals surface area contributed by atoms with Gasteiger partial charge < -0.3 is 10.2 Å². The average Bonchev–Trinajstić information content (AvgIpc) is 2.62. The van der Waals surface area contributed by atoms with Crippen molar-refractivity contribution in [2.75, 3.05) is 11.9 Å². The maximum absolute atomic E-state index is 13.9. The van der Waals surface area contributed by atoms with E-state index in [1.807, 2.05) is 32.0 Å². The highest BCUT2D eigenvalue weighted by Crippen LogP contribution is 2.22. The van der Waals surface area contributed by atoms with E-state index >= 15 is 0 Å². The van der Waals surface area contributed by atoms with Crippen molar-refractivity contribution < 1.29 is 14.0 Å². The van der Waals surface area contributed by atoms with E-state index in [1.165, 1.54) is 17.9 Å². The minimum Gasteiger partial charge on any atom is -0.329 e. The van der Waals surface area contributed by atoms with Gasteiger partial charge in [-0.2, -0.15) is 0 Å². The summed E-state index contributed by atoms with van der Waals surface area (Å²) < 4.78 is 13.9. The van der Waals surface area contributed by atoms with Gasteiger partial charge in [0.25, 0.3) is 0 Å². The molecule has 0 radical (unpaired) electrons. The molecule has 0 spiro atoms. The van der Waals surface area contributed by atoms with Crippen molar-refractivity contribution in [1.29, 1.82) is 0 Å². The summed E-state index contributed by atoms with van der Waals surface area (Å²) in [5, 5.41) is 2.94. The summed E-state index contributed by atoms with van der Waals surface area (Å²) in [6.07, 6.45) is 1.60. The van der Waals surface area contributed by atoms with Crippen LogP contribution in [0.1, 0.15) is 37.5 Å². The van der Waals surface area contributed by atoms with Crippen LogP contribution < -0.4 is 5.32 Å². The summed E-state index contributed by atoms with van der Waals surface area (Å²) in [7, 11) is 0. The third-order valence-corrected chi connectivity index (χ3v) is 4.36. The first-order valence-corrected chi connectivity index (χ1v) is 8.85. The van der Waals surface area contributed by atoms with E-state index in [1.54, 1.807) is 18.2 Å². The second kappa shape index (κ2) is 9.13. The largest absolute Gasteiger partial charge is 0.329 e. The summed E-state index contributed by atoms with van der Waals surface area (Å²) in [5.41, 5.74) is 3.32. The molecule has 0 bridgehead atoms. The average molecular weight is 356 g/mol. The Labute approximate surface area is 154 Å². The molecule has 0 saturated heterocycles. The predicted molar refractivity (Wildman–Crippen MR) is 101 cm³/mol. The van der Waals surface area contributed by atoms with E-state index in [0.29, 0.717) is 5.56 Å². The first-order valence-electron chi connectivity index (χ1n) is 8.85. The summed E-state index contributed by atoms with van der Waals surface area (Å²) in [6.45, 7) is 5.39. The Morgan fingerprint density at radius 2 is 1.54 bits per heavy atom. The van der Waals surface area contributed by atoms with Gasteiger partial charge in [0.1, 0.15) is 12.4 Å². The molecule has 2 aromatic carbocycles. The quantitative estimate of drug-likeness (QED) is 0.817. The maximum atomic E-state index is 13.9. The molecule has 0 aliphatic carbocycles. The van der Waals surface area contributed by atoms with E-state index in [2.05, 4.69) is 5.32 Å². The molecule has 0 heterocycles. The van der Waals surface area contributed by atoms with Gasteiger partial charge in [0.2, 0.25) is 11.8 Å². The lowest BCUT2D eigenvalue weighted by Gasteiger charge is -2.22. The predicted octanol–water partition coefficient (Wildman–Crippen LogP) is 3.94. The summed E-state index contributed by atoms with van der Waals surface area (Å²) in [4.78, 5) is 25.8. The maximum Gasteiger partial charge on any atom is 0.244 e. The van der Waals surface area contributed by atoms with Crippen LogP contribution in [0, 0.1) is 5.82 Å². The highest BCUT2D eigenvalue weighted by Gasteiger charge is 2.17. The number of carbonyl (C=O) groups is 2. The Morgan fingerprint density at radius 1 is 0.962 bits per heavy atom. The van der Waals surface area contributed by atoms with E-state index in [9.17, 15) is 14.0 Å². The fourth-order valence-corrected chi connectivity index (χ4v) is 2.87. The molecule has 2 amide bonds. The molecule has 0 aliphatic heterocycles. The summed E-state index contributed by atoms with van der Waals surface area (Å²) in [6, 6.07) is 12.2. The number of aryl methyl sites for hydroxylation is 2. The molecule has 1 N–H and O–H groups in total. The molecular weight excluding hydrogens is 331 g/mol. The molecule has 0 aliphatic rings. The molecule has 2 aromatic rings. The van der Waals surface area contributed by atoms with E-state index in [4.69, 9.17) is 0 Å². The summed E-state index contributed by atoms with van der Waals surface area (Å²) >= 11 is 0. The van der Waals surface area contributed by atoms with Crippen molar-refractivity contribution in [3.63, 3.8) is 0 Å². The Hall–Kier alpha value is -2.69. The van der Waals surface area contributed by atoms with Crippen molar-refractivity contribution in [3.05, 3.63) is 65.0 Å². The van der Waals surface area contributed by atoms with Crippen LogP contribution in [0.15, 0.2) is 42.5 Å². The van der Waals surface area contributed by atoms with Crippen LogP contribution in [0.5, 0.6) is 0 Å². The highest BCUT2D eigenvalue weighted by atomic mass is 19.1. The van der Waals surface area contributed by atoms with Crippen LogP contribution >= 0.6 is 0 Å². The van der Waals surface area contributed by atoms with Gasteiger partial charge in [-0.15, -0.1) is 0 Å². The minimum atomic E-state index is -0.385. The first-order chi connectivity index (χ1) is 12.5. The molecule has 2 rings (SSSR count). The van der Waals surface area contributed by atoms with Crippen molar-refractivity contribution in [2.45, 2.75) is 40.2 Å². The molecule has 0 fully saturated rings. The molecule has 5 heteroatoms. The van der Waals surface area contributed by atoms with Crippen LogP contribution in [-0.2, 0) is 29.0 Å². The number of hydrogen-bond donors (Lipinski definition) is 1. The zero-order chi connectivity index (χ0) is 19.1. The SMILES string of the molecule is CCc1cccc(CC)c1NC(=O)CN(Cc1ccccc1F)C(C)=O. The van der Waals surface area contributed by atoms with Gasteiger partial charge in [-0.25, -0.2) is 4.39 Å². The number of carbonyl (C=O) groups excluding carboxylic acids is 2. The van der Waals surface area contributed by atoms with Crippen molar-refractivity contribution in [3.8, 4) is 0 Å². The molecular formula is C21H25FN2O2. The van der Waals surface area contributed by atoms with E-state index in [0.717, 1.165) is 29.7 Å². The number of nitrogens with one attached hydrogen (secondary N) is 1. The highest BCUT2D eigenvalue weighted by molar-refractivity contribution is 5.95. The first kappa shape index (κ1) is 19.6. The number of anilines is 1. The van der Waals surface area contributed by atoms with Crippen LogP contribution in [0.3, 0.4) is 0 Å². The second-order valence-electron chi connectivity index (χ2n) is 6.17. The normalized spacial score (nSPS) is 10.5. The van der Waals surface area contributed by atoms with Gasteiger partial charge in [-0.1, -0.05) is 50.2 Å². The number of rotatable bonds is 7. The number of benzene rings is 2. The molecule has 4 nitrogen and oxygen atoms in total. The lowest BCUT2D eigenvalue weighted by molar-refractivity contribution is -0.133. The van der Waals surface area contributed by atoms with Gasteiger partial charge in [0, 0.05) is 24.7 Å². The third-order valence-electron chi connectivity index (χ3n) is 4.36. The summed E-state index contributed by atoms with van der Waals surface area (Å²) in [5.74, 6) is -0.946. The third kappa shape index (κ3) is 4.91. The van der Waals surface area contributed by atoms with Crippen LogP contribution in [0.4, 0.5) is 10.1 Å². The number of para-hydroxylation sites is 1. The van der Waals surface area contributed by atoms with Gasteiger partial charge in [-0.3, -0.25) is 9.59 Å². The van der Waals surface area contributed by atoms with Crippen molar-refractivity contribution in [1.82, 2.24) is 4.90 Å². The van der Waals surface area contributed by atoms with Gasteiger partial charge >= 0.3 is 0 Å². The Bertz CT molecular complexity index is 767. The monoisotopic (exact) mass is 356 g/mol. The van der Waals surface area contributed by atoms with Crippen LogP contribution in [0.25, 0.3) is 0 Å². The number of halogens is 1. The Balaban J connectivity index is 2.14. The standard InChI is InChI=1S/C21H25FN2O2/c1-4-16-10-8-11-17(5-2)21(16)23-20(26)14-24(15(3)25)13-18-9-6-7-12-19(18)22/h6-12H,4-5,13-14H2,1-3H3,(H,23,26). The number of nitrogens with zero attached hydrogens (tertiary/aromatic N) is 1. The zero-order valence-corrected chi connectivity index (χ0v) is 15.5. The molecule has 138 valence electrons. The Kier molecular flexibility index (Phi) is 6.89. The fraction of sp³-hybridized carbons (Fsp3) is 0.333. The minimum absolute atomic E-state index is 0.0610. The topological polar surface area (TPSA) is 49.4 Å². The lowest BCUT2D eigenvalue weighted by Crippen LogP contribution is -2.36. The molecule has 0 atom stereocenters. The molecule has 26 heavy (non-hydrogen) atoms. The van der Waals surface area contributed by atoms with E-state index in [-0.39, 0.29) is 30.7 Å². The van der Waals surface area contributed by atoms with Gasteiger partial charge in [-0.05, 0) is 30.0 Å². The Morgan fingerprint density at radius 3 is 2.08 bits per heavy atom. The molecule has 0 aromatic heterocycles. The number of amides is 2. The van der Waals surface area contributed by atoms with Crippen LogP contribution in [0.2, 0.25) is 0 Å². The number of hydrogen-bond acceptors (Lipinski definition) is 2. The van der Waals surface area contributed by atoms with Crippen molar-refractivity contribution in [2.24, 2.45) is 0 Å². The zero-order valence-electron chi connectivity index (χ0n) is 15.5.